The maximum atomic E-state index is 11.9. The molecule has 0 radical (unpaired) electrons. The van der Waals surface area contributed by atoms with E-state index < -0.39 is 12.1 Å². The smallest absolute Gasteiger partial charge is 0.306 e. The van der Waals surface area contributed by atoms with E-state index in [0.29, 0.717) is 12.4 Å². The molecule has 6 heteroatoms. The lowest BCUT2D eigenvalue weighted by Gasteiger charge is -2.18. The molecule has 6 nitrogen and oxygen atoms in total. The van der Waals surface area contributed by atoms with E-state index in [-0.39, 0.29) is 32.0 Å². The molecular formula is C18H27NO5. The van der Waals surface area contributed by atoms with Gasteiger partial charge in [0.2, 0.25) is 5.91 Å². The molecule has 0 bridgehead atoms. The number of carbonyl (C=O) groups is 2. The number of rotatable bonds is 12. The largest absolute Gasteiger partial charge is 0.490 e. The fourth-order valence-electron chi connectivity index (χ4n) is 1.87. The third kappa shape index (κ3) is 9.15. The molecule has 0 aliphatic heterocycles. The third-order valence-corrected chi connectivity index (χ3v) is 3.26. The number of hydrogen-bond donors (Lipinski definition) is 1. The Hall–Kier alpha value is -2.08. The van der Waals surface area contributed by atoms with Gasteiger partial charge in [0.25, 0.3) is 0 Å². The lowest BCUT2D eigenvalue weighted by atomic mass is 10.3. The van der Waals surface area contributed by atoms with E-state index in [1.54, 1.807) is 0 Å². The first-order valence-corrected chi connectivity index (χ1v) is 8.31. The van der Waals surface area contributed by atoms with Crippen LogP contribution in [-0.2, 0) is 19.1 Å². The van der Waals surface area contributed by atoms with Crippen LogP contribution in [0.25, 0.3) is 0 Å². The van der Waals surface area contributed by atoms with Gasteiger partial charge in [-0.1, -0.05) is 31.5 Å². The van der Waals surface area contributed by atoms with E-state index in [1.165, 1.54) is 7.05 Å². The highest BCUT2D eigenvalue weighted by molar-refractivity contribution is 5.81. The summed E-state index contributed by atoms with van der Waals surface area (Å²) >= 11 is 0. The molecule has 1 amide bonds. The van der Waals surface area contributed by atoms with Crippen molar-refractivity contribution < 1.29 is 23.8 Å². The Morgan fingerprint density at radius 3 is 2.54 bits per heavy atom. The summed E-state index contributed by atoms with van der Waals surface area (Å²) in [6.45, 7) is 3.19. The molecule has 1 aromatic rings. The van der Waals surface area contributed by atoms with Crippen LogP contribution in [0.15, 0.2) is 30.3 Å². The SMILES string of the molecule is CCCCOCC(COc1ccccc1)OC(=O)CCC(=O)NC. The van der Waals surface area contributed by atoms with Gasteiger partial charge in [-0.2, -0.15) is 0 Å². The molecule has 0 saturated carbocycles. The van der Waals surface area contributed by atoms with Gasteiger partial charge in [-0.05, 0) is 18.6 Å². The lowest BCUT2D eigenvalue weighted by molar-refractivity contribution is -0.155. The van der Waals surface area contributed by atoms with Gasteiger partial charge in [0.05, 0.1) is 13.0 Å². The van der Waals surface area contributed by atoms with Crippen molar-refractivity contribution in [2.45, 2.75) is 38.7 Å². The van der Waals surface area contributed by atoms with Crippen molar-refractivity contribution in [3.63, 3.8) is 0 Å². The fraction of sp³-hybridized carbons (Fsp3) is 0.556. The van der Waals surface area contributed by atoms with Crippen molar-refractivity contribution in [2.75, 3.05) is 26.9 Å². The van der Waals surface area contributed by atoms with E-state index in [9.17, 15) is 9.59 Å². The molecule has 1 N–H and O–H groups in total. The summed E-state index contributed by atoms with van der Waals surface area (Å²) in [5.74, 6) is 0.0834. The van der Waals surface area contributed by atoms with Gasteiger partial charge in [-0.3, -0.25) is 9.59 Å². The summed E-state index contributed by atoms with van der Waals surface area (Å²) in [6, 6.07) is 9.32. The Labute approximate surface area is 143 Å². The molecule has 1 aromatic carbocycles. The molecule has 24 heavy (non-hydrogen) atoms. The Balaban J connectivity index is 2.43. The first-order valence-electron chi connectivity index (χ1n) is 8.31. The first kappa shape index (κ1) is 20.0. The molecule has 1 rings (SSSR count). The monoisotopic (exact) mass is 337 g/mol. The van der Waals surface area contributed by atoms with Crippen molar-refractivity contribution in [1.29, 1.82) is 0 Å². The van der Waals surface area contributed by atoms with Crippen molar-refractivity contribution in [2.24, 2.45) is 0 Å². The van der Waals surface area contributed by atoms with Gasteiger partial charge >= 0.3 is 5.97 Å². The van der Waals surface area contributed by atoms with Gasteiger partial charge in [-0.15, -0.1) is 0 Å². The van der Waals surface area contributed by atoms with E-state index in [0.717, 1.165) is 12.8 Å². The summed E-state index contributed by atoms with van der Waals surface area (Å²) in [5.41, 5.74) is 0. The Morgan fingerprint density at radius 1 is 1.12 bits per heavy atom. The Morgan fingerprint density at radius 2 is 1.88 bits per heavy atom. The molecule has 0 spiro atoms. The molecule has 0 aliphatic rings. The van der Waals surface area contributed by atoms with Crippen LogP contribution in [0.3, 0.4) is 0 Å². The highest BCUT2D eigenvalue weighted by atomic mass is 16.6. The number of nitrogens with one attached hydrogen (secondary N) is 1. The van der Waals surface area contributed by atoms with Crippen molar-refractivity contribution in [1.82, 2.24) is 5.32 Å². The molecular weight excluding hydrogens is 310 g/mol. The molecule has 0 aromatic heterocycles. The molecule has 0 saturated heterocycles. The molecule has 0 heterocycles. The molecule has 134 valence electrons. The average Bonchev–Trinajstić information content (AvgIpc) is 2.61. The number of unbranched alkanes of at least 4 members (excludes halogenated alkanes) is 1. The van der Waals surface area contributed by atoms with E-state index in [2.05, 4.69) is 12.2 Å². The van der Waals surface area contributed by atoms with Crippen LogP contribution in [0.5, 0.6) is 5.75 Å². The maximum Gasteiger partial charge on any atom is 0.306 e. The number of hydrogen-bond acceptors (Lipinski definition) is 5. The van der Waals surface area contributed by atoms with Crippen LogP contribution >= 0.6 is 0 Å². The zero-order valence-electron chi connectivity index (χ0n) is 14.5. The van der Waals surface area contributed by atoms with Gasteiger partial charge < -0.3 is 19.5 Å². The Kier molecular flexibility index (Phi) is 10.3. The van der Waals surface area contributed by atoms with Crippen LogP contribution in [0.2, 0.25) is 0 Å². The van der Waals surface area contributed by atoms with Crippen molar-refractivity contribution in [3.8, 4) is 5.75 Å². The van der Waals surface area contributed by atoms with Crippen LogP contribution in [0.4, 0.5) is 0 Å². The number of ether oxygens (including phenoxy) is 3. The zero-order chi connectivity index (χ0) is 17.6. The second-order valence-electron chi connectivity index (χ2n) is 5.34. The minimum atomic E-state index is -0.501. The maximum absolute atomic E-state index is 11.9. The summed E-state index contributed by atoms with van der Waals surface area (Å²) < 4.78 is 16.6. The van der Waals surface area contributed by atoms with E-state index in [1.807, 2.05) is 30.3 Å². The first-order chi connectivity index (χ1) is 11.7. The van der Waals surface area contributed by atoms with Gasteiger partial charge in [-0.25, -0.2) is 0 Å². The molecule has 0 aliphatic carbocycles. The van der Waals surface area contributed by atoms with E-state index in [4.69, 9.17) is 14.2 Å². The fourth-order valence-corrected chi connectivity index (χ4v) is 1.87. The van der Waals surface area contributed by atoms with E-state index >= 15 is 0 Å². The molecule has 1 unspecified atom stereocenters. The zero-order valence-corrected chi connectivity index (χ0v) is 14.5. The Bertz CT molecular complexity index is 478. The second-order valence-corrected chi connectivity index (χ2v) is 5.34. The molecule has 0 fully saturated rings. The van der Waals surface area contributed by atoms with Crippen molar-refractivity contribution in [3.05, 3.63) is 30.3 Å². The normalized spacial score (nSPS) is 11.6. The number of carbonyl (C=O) groups excluding carboxylic acids is 2. The topological polar surface area (TPSA) is 73.9 Å². The number of amides is 1. The molecule has 1 atom stereocenters. The summed E-state index contributed by atoms with van der Waals surface area (Å²) in [7, 11) is 1.53. The van der Waals surface area contributed by atoms with Crippen molar-refractivity contribution >= 4 is 11.9 Å². The predicted molar refractivity (Wildman–Crippen MR) is 90.8 cm³/mol. The number of benzene rings is 1. The van der Waals surface area contributed by atoms with Crippen LogP contribution in [0, 0.1) is 0 Å². The predicted octanol–water partition coefficient (Wildman–Crippen LogP) is 2.32. The highest BCUT2D eigenvalue weighted by Gasteiger charge is 2.17. The lowest BCUT2D eigenvalue weighted by Crippen LogP contribution is -2.30. The number of esters is 1. The average molecular weight is 337 g/mol. The van der Waals surface area contributed by atoms with Gasteiger partial charge in [0.15, 0.2) is 6.10 Å². The summed E-state index contributed by atoms with van der Waals surface area (Å²) in [6.07, 6.45) is 1.64. The minimum absolute atomic E-state index is 0.0382. The van der Waals surface area contributed by atoms with Crippen LogP contribution < -0.4 is 10.1 Å². The summed E-state index contributed by atoms with van der Waals surface area (Å²) in [5, 5.41) is 2.47. The van der Waals surface area contributed by atoms with Crippen LogP contribution in [0.1, 0.15) is 32.6 Å². The van der Waals surface area contributed by atoms with Crippen LogP contribution in [-0.4, -0.2) is 44.8 Å². The second kappa shape index (κ2) is 12.4. The van der Waals surface area contributed by atoms with Gasteiger partial charge in [0.1, 0.15) is 12.4 Å². The minimum Gasteiger partial charge on any atom is -0.490 e. The third-order valence-electron chi connectivity index (χ3n) is 3.26. The highest BCUT2D eigenvalue weighted by Crippen LogP contribution is 2.10. The summed E-state index contributed by atoms with van der Waals surface area (Å²) in [4.78, 5) is 23.0. The quantitative estimate of drug-likeness (QED) is 0.468. The number of para-hydroxylation sites is 1. The standard InChI is InChI=1S/C18H27NO5/c1-3-4-12-22-13-16(14-23-15-8-6-5-7-9-15)24-18(21)11-10-17(20)19-2/h5-9,16H,3-4,10-14H2,1-2H3,(H,19,20). The van der Waals surface area contributed by atoms with Gasteiger partial charge in [0, 0.05) is 20.1 Å².